The Labute approximate surface area is 204 Å². The zero-order valence-electron chi connectivity index (χ0n) is 17.9. The van der Waals surface area contributed by atoms with Crippen molar-refractivity contribution in [1.82, 2.24) is 0 Å². The van der Waals surface area contributed by atoms with Crippen molar-refractivity contribution in [2.45, 2.75) is 16.0 Å². The first-order valence-electron chi connectivity index (χ1n) is 9.59. The van der Waals surface area contributed by atoms with Crippen LogP contribution in [0.2, 0.25) is 0 Å². The second-order valence-corrected chi connectivity index (χ2v) is 9.87. The van der Waals surface area contributed by atoms with E-state index in [0.717, 1.165) is 24.3 Å². The largest absolute Gasteiger partial charge is 0.504 e. The Morgan fingerprint density at radius 1 is 0.806 bits per heavy atom. The van der Waals surface area contributed by atoms with Gasteiger partial charge in [-0.3, -0.25) is 9.11 Å². The highest BCUT2D eigenvalue weighted by atomic mass is 32.2. The molecule has 0 aliphatic heterocycles. The van der Waals surface area contributed by atoms with Gasteiger partial charge in [-0.1, -0.05) is 30.3 Å². The molecule has 0 radical (unpaired) electrons. The lowest BCUT2D eigenvalue weighted by Crippen LogP contribution is -2.03. The fraction of sp³-hybridized carbons (Fsp3) is 0.0500. The number of carboxylic acids is 1. The normalized spacial score (nSPS) is 13.3. The molecule has 3 rings (SSSR count). The van der Waals surface area contributed by atoms with Gasteiger partial charge in [0, 0.05) is 5.56 Å². The highest BCUT2D eigenvalue weighted by Crippen LogP contribution is 2.37. The van der Waals surface area contributed by atoms with E-state index in [9.17, 15) is 36.4 Å². The number of anilines is 1. The number of carbonyl (C=O) groups is 1. The molecular formula is C20H17N5O9S2. The van der Waals surface area contributed by atoms with Gasteiger partial charge < -0.3 is 15.9 Å². The van der Waals surface area contributed by atoms with Crippen LogP contribution in [0.5, 0.6) is 5.75 Å². The molecule has 0 heterocycles. The fourth-order valence-electron chi connectivity index (χ4n) is 2.79. The monoisotopic (exact) mass is 535 g/mol. The minimum Gasteiger partial charge on any atom is -0.504 e. The molecule has 3 aromatic carbocycles. The summed E-state index contributed by atoms with van der Waals surface area (Å²) in [7, 11) is -9.35. The summed E-state index contributed by atoms with van der Waals surface area (Å²) >= 11 is 0. The summed E-state index contributed by atoms with van der Waals surface area (Å²) in [4.78, 5) is 10.3. The van der Waals surface area contributed by atoms with Gasteiger partial charge in [0.2, 0.25) is 6.17 Å². The van der Waals surface area contributed by atoms with Gasteiger partial charge in [0.25, 0.3) is 20.2 Å². The maximum atomic E-state index is 11.6. The molecule has 188 valence electrons. The number of phenolic OH excluding ortho intramolecular Hbond substituents is 1. The van der Waals surface area contributed by atoms with E-state index in [-0.39, 0.29) is 5.69 Å². The first-order valence-corrected chi connectivity index (χ1v) is 12.5. The number of aromatic carboxylic acids is 1. The fourth-order valence-corrected chi connectivity index (χ4v) is 3.83. The topological polar surface area (TPSA) is 242 Å². The van der Waals surface area contributed by atoms with Crippen molar-refractivity contribution in [3.8, 4) is 5.75 Å². The number of benzene rings is 3. The van der Waals surface area contributed by atoms with Crippen LogP contribution in [0.25, 0.3) is 0 Å². The Morgan fingerprint density at radius 2 is 1.39 bits per heavy atom. The first-order chi connectivity index (χ1) is 16.8. The van der Waals surface area contributed by atoms with E-state index in [0.29, 0.717) is 11.6 Å². The number of phenols is 1. The Hall–Kier alpha value is -4.25. The average molecular weight is 536 g/mol. The number of hydrogen-bond acceptors (Lipinski definition) is 11. The Morgan fingerprint density at radius 3 is 1.94 bits per heavy atom. The van der Waals surface area contributed by atoms with Crippen LogP contribution < -0.4 is 5.73 Å². The molecule has 1 atom stereocenters. The van der Waals surface area contributed by atoms with Crippen molar-refractivity contribution < 1.29 is 40.9 Å². The van der Waals surface area contributed by atoms with Crippen molar-refractivity contribution in [1.29, 1.82) is 0 Å². The number of azo groups is 2. The van der Waals surface area contributed by atoms with Crippen molar-refractivity contribution >= 4 is 43.3 Å². The van der Waals surface area contributed by atoms with E-state index in [4.69, 9.17) is 10.3 Å². The molecule has 0 amide bonds. The van der Waals surface area contributed by atoms with Gasteiger partial charge in [0.15, 0.2) is 5.75 Å². The zero-order valence-corrected chi connectivity index (χ0v) is 19.5. The van der Waals surface area contributed by atoms with Crippen LogP contribution >= 0.6 is 0 Å². The van der Waals surface area contributed by atoms with Gasteiger partial charge >= 0.3 is 5.97 Å². The van der Waals surface area contributed by atoms with Crippen molar-refractivity contribution in [3.63, 3.8) is 0 Å². The Bertz CT molecular complexity index is 1590. The molecule has 0 spiro atoms. The molecule has 16 heteroatoms. The van der Waals surface area contributed by atoms with E-state index in [1.54, 1.807) is 30.3 Å². The molecule has 1 unspecified atom stereocenters. The van der Waals surface area contributed by atoms with E-state index in [1.807, 2.05) is 0 Å². The highest BCUT2D eigenvalue weighted by Gasteiger charge is 2.19. The second kappa shape index (κ2) is 10.2. The number of hydrogen-bond donors (Lipinski definition) is 5. The molecule has 0 aliphatic rings. The molecule has 0 saturated carbocycles. The summed E-state index contributed by atoms with van der Waals surface area (Å²) < 4.78 is 64.0. The number of nitrogens with zero attached hydrogens (tertiary/aromatic N) is 4. The summed E-state index contributed by atoms with van der Waals surface area (Å²) in [6.07, 6.45) is -1.25. The van der Waals surface area contributed by atoms with E-state index in [1.165, 1.54) is 0 Å². The van der Waals surface area contributed by atoms with E-state index < -0.39 is 64.9 Å². The van der Waals surface area contributed by atoms with Crippen molar-refractivity contribution in [3.05, 3.63) is 71.8 Å². The summed E-state index contributed by atoms with van der Waals surface area (Å²) in [5, 5.41) is 35.0. The maximum absolute atomic E-state index is 11.6. The van der Waals surface area contributed by atoms with Gasteiger partial charge in [-0.25, -0.2) is 4.79 Å². The average Bonchev–Trinajstić information content (AvgIpc) is 2.80. The molecule has 0 fully saturated rings. The number of rotatable bonds is 8. The third-order valence-corrected chi connectivity index (χ3v) is 6.22. The van der Waals surface area contributed by atoms with Crippen LogP contribution in [-0.4, -0.2) is 42.1 Å². The minimum absolute atomic E-state index is 0.272. The van der Waals surface area contributed by atoms with Gasteiger partial charge in [-0.05, 0) is 30.3 Å². The van der Waals surface area contributed by atoms with Crippen LogP contribution in [0.15, 0.2) is 90.9 Å². The molecule has 14 nitrogen and oxygen atoms in total. The summed E-state index contributed by atoms with van der Waals surface area (Å²) in [5.41, 5.74) is 4.30. The minimum atomic E-state index is -4.68. The first kappa shape index (κ1) is 26.4. The second-order valence-electron chi connectivity index (χ2n) is 7.03. The van der Waals surface area contributed by atoms with Crippen LogP contribution in [0, 0.1) is 0 Å². The molecule has 0 bridgehead atoms. The van der Waals surface area contributed by atoms with Crippen molar-refractivity contribution in [2.24, 2.45) is 20.5 Å². The number of nitrogen functional groups attached to an aromatic ring is 1. The third-order valence-electron chi connectivity index (χ3n) is 4.53. The van der Waals surface area contributed by atoms with Crippen LogP contribution in [-0.2, 0) is 20.2 Å². The molecule has 0 saturated heterocycles. The van der Waals surface area contributed by atoms with E-state index in [2.05, 4.69) is 20.5 Å². The highest BCUT2D eigenvalue weighted by molar-refractivity contribution is 7.86. The molecule has 3 aromatic rings. The smallest absolute Gasteiger partial charge is 0.338 e. The lowest BCUT2D eigenvalue weighted by atomic mass is 10.2. The summed E-state index contributed by atoms with van der Waals surface area (Å²) in [5.74, 6) is -2.17. The van der Waals surface area contributed by atoms with Gasteiger partial charge in [0.1, 0.15) is 5.69 Å². The number of aromatic hydroxyl groups is 1. The molecular weight excluding hydrogens is 518 g/mol. The van der Waals surface area contributed by atoms with Crippen LogP contribution in [0.1, 0.15) is 22.1 Å². The predicted octanol–water partition coefficient (Wildman–Crippen LogP) is 3.73. The van der Waals surface area contributed by atoms with Gasteiger partial charge in [0.05, 0.1) is 26.7 Å². The van der Waals surface area contributed by atoms with Crippen molar-refractivity contribution in [2.75, 3.05) is 5.73 Å². The molecule has 36 heavy (non-hydrogen) atoms. The lowest BCUT2D eigenvalue weighted by molar-refractivity contribution is 0.0697. The van der Waals surface area contributed by atoms with Gasteiger partial charge in [-0.15, -0.1) is 5.11 Å². The van der Waals surface area contributed by atoms with Crippen LogP contribution in [0.4, 0.5) is 17.1 Å². The maximum Gasteiger partial charge on any atom is 0.338 e. The Kier molecular flexibility index (Phi) is 7.44. The Balaban J connectivity index is 2.07. The van der Waals surface area contributed by atoms with Crippen LogP contribution in [0.3, 0.4) is 0 Å². The number of nitrogens with two attached hydrogens (primary N) is 1. The van der Waals surface area contributed by atoms with E-state index >= 15 is 0 Å². The molecule has 6 N–H and O–H groups in total. The lowest BCUT2D eigenvalue weighted by Gasteiger charge is -2.08. The zero-order chi connectivity index (χ0) is 26.7. The van der Waals surface area contributed by atoms with Gasteiger partial charge in [-0.2, -0.15) is 32.2 Å². The number of carboxylic acid groups (broad SMARTS) is 1. The molecule has 0 aliphatic carbocycles. The SMILES string of the molecule is Nc1cc(S(=O)(=O)O)cc(N=NC(N=Nc2ccc(S(=O)(=O)O)cc2C(=O)O)c2ccccc2)c1O. The standard InChI is InChI=1S/C20H17N5O9S2/c21-15-9-13(36(32,33)34)10-17(18(15)26)23-25-19(11-4-2-1-3-5-11)24-22-16-7-6-12(35(29,30)31)8-14(16)20(27)28/h1-10,19,26H,21H2,(H,27,28)(H,29,30,31)(H,32,33,34). The third kappa shape index (κ3) is 6.25. The summed E-state index contributed by atoms with van der Waals surface area (Å²) in [6.45, 7) is 0. The predicted molar refractivity (Wildman–Crippen MR) is 124 cm³/mol. The summed E-state index contributed by atoms with van der Waals surface area (Å²) in [6, 6.07) is 12.4. The quantitative estimate of drug-likeness (QED) is 0.121. The molecule has 0 aromatic heterocycles.